The van der Waals surface area contributed by atoms with Crippen molar-refractivity contribution in [2.75, 3.05) is 11.9 Å². The minimum Gasteiger partial charge on any atom is -0.326 e. The van der Waals surface area contributed by atoms with Crippen molar-refractivity contribution in [3.8, 4) is 0 Å². The van der Waals surface area contributed by atoms with Crippen molar-refractivity contribution in [2.45, 2.75) is 39.7 Å². The van der Waals surface area contributed by atoms with E-state index >= 15 is 0 Å². The van der Waals surface area contributed by atoms with Gasteiger partial charge in [0.25, 0.3) is 5.91 Å². The van der Waals surface area contributed by atoms with Crippen LogP contribution < -0.4 is 10.6 Å². The van der Waals surface area contributed by atoms with Gasteiger partial charge in [-0.05, 0) is 37.5 Å². The van der Waals surface area contributed by atoms with Gasteiger partial charge in [0.2, 0.25) is 5.91 Å². The fourth-order valence-corrected chi connectivity index (χ4v) is 2.43. The van der Waals surface area contributed by atoms with E-state index in [0.29, 0.717) is 12.1 Å². The van der Waals surface area contributed by atoms with Gasteiger partial charge in [-0.1, -0.05) is 25.5 Å². The summed E-state index contributed by atoms with van der Waals surface area (Å²) in [6.07, 6.45) is 1.37. The smallest absolute Gasteiger partial charge is 0.325 e. The predicted octanol–water partition coefficient (Wildman–Crippen LogP) is 1.96. The van der Waals surface area contributed by atoms with Gasteiger partial charge in [0.05, 0.1) is 0 Å². The molecule has 4 amide bonds. The monoisotopic (exact) mass is 303 g/mol. The lowest BCUT2D eigenvalue weighted by molar-refractivity contribution is -0.130. The first-order valence-corrected chi connectivity index (χ1v) is 7.42. The maximum atomic E-state index is 12.1. The van der Waals surface area contributed by atoms with Gasteiger partial charge in [0.15, 0.2) is 0 Å². The zero-order chi connectivity index (χ0) is 16.3. The molecule has 1 fully saturated rings. The molecule has 1 unspecified atom stereocenters. The second-order valence-corrected chi connectivity index (χ2v) is 5.51. The molecule has 1 heterocycles. The quantitative estimate of drug-likeness (QED) is 0.816. The number of urea groups is 1. The van der Waals surface area contributed by atoms with E-state index in [1.807, 2.05) is 32.9 Å². The van der Waals surface area contributed by atoms with Crippen LogP contribution in [0.25, 0.3) is 0 Å². The molecule has 6 nitrogen and oxygen atoms in total. The summed E-state index contributed by atoms with van der Waals surface area (Å²) in [5.41, 5.74) is 2.73. The van der Waals surface area contributed by atoms with Crippen molar-refractivity contribution in [1.82, 2.24) is 10.2 Å². The molecule has 2 rings (SSSR count). The van der Waals surface area contributed by atoms with Gasteiger partial charge in [-0.15, -0.1) is 0 Å². The highest BCUT2D eigenvalue weighted by Gasteiger charge is 2.38. The molecule has 1 aromatic carbocycles. The number of nitrogens with one attached hydrogen (secondary N) is 2. The van der Waals surface area contributed by atoms with E-state index in [1.54, 1.807) is 6.07 Å². The lowest BCUT2D eigenvalue weighted by atomic mass is 10.1. The van der Waals surface area contributed by atoms with E-state index in [4.69, 9.17) is 0 Å². The summed E-state index contributed by atoms with van der Waals surface area (Å²) in [5.74, 6) is -0.711. The minimum atomic E-state index is -0.508. The van der Waals surface area contributed by atoms with Crippen LogP contribution in [0.1, 0.15) is 30.9 Å². The maximum absolute atomic E-state index is 12.1. The Hall–Kier alpha value is -2.37. The summed E-state index contributed by atoms with van der Waals surface area (Å²) in [6.45, 7) is 5.54. The van der Waals surface area contributed by atoms with Crippen LogP contribution in [0.5, 0.6) is 0 Å². The average Bonchev–Trinajstić information content (AvgIpc) is 2.72. The number of aryl methyl sites for hydroxylation is 1. The van der Waals surface area contributed by atoms with Crippen LogP contribution in [0.4, 0.5) is 10.5 Å². The first-order valence-electron chi connectivity index (χ1n) is 7.42. The maximum Gasteiger partial charge on any atom is 0.325 e. The van der Waals surface area contributed by atoms with Gasteiger partial charge >= 0.3 is 6.03 Å². The van der Waals surface area contributed by atoms with Crippen LogP contribution in [0.2, 0.25) is 0 Å². The molecular weight excluding hydrogens is 282 g/mol. The summed E-state index contributed by atoms with van der Waals surface area (Å²) in [6, 6.07) is 4.60. The van der Waals surface area contributed by atoms with E-state index in [-0.39, 0.29) is 18.4 Å². The molecule has 0 aromatic heterocycles. The number of imide groups is 1. The summed E-state index contributed by atoms with van der Waals surface area (Å²) in [7, 11) is 0. The summed E-state index contributed by atoms with van der Waals surface area (Å²) >= 11 is 0. The Morgan fingerprint density at radius 3 is 2.73 bits per heavy atom. The third-order valence-corrected chi connectivity index (χ3v) is 3.86. The van der Waals surface area contributed by atoms with Gasteiger partial charge in [-0.2, -0.15) is 0 Å². The van der Waals surface area contributed by atoms with Crippen molar-refractivity contribution in [2.24, 2.45) is 0 Å². The number of hydrogen-bond acceptors (Lipinski definition) is 3. The molecule has 0 saturated carbocycles. The molecule has 0 aliphatic carbocycles. The third kappa shape index (κ3) is 3.27. The molecule has 6 heteroatoms. The molecule has 1 atom stereocenters. The Morgan fingerprint density at radius 2 is 2.05 bits per heavy atom. The molecule has 1 saturated heterocycles. The molecule has 1 aromatic rings. The predicted molar refractivity (Wildman–Crippen MR) is 83.5 cm³/mol. The van der Waals surface area contributed by atoms with Crippen molar-refractivity contribution >= 4 is 23.5 Å². The van der Waals surface area contributed by atoms with Crippen LogP contribution in [0.3, 0.4) is 0 Å². The molecular formula is C16H21N3O3. The molecule has 2 N–H and O–H groups in total. The summed E-state index contributed by atoms with van der Waals surface area (Å²) in [4.78, 5) is 36.9. The first kappa shape index (κ1) is 16.0. The zero-order valence-electron chi connectivity index (χ0n) is 13.1. The molecule has 1 aliphatic heterocycles. The fourth-order valence-electron chi connectivity index (χ4n) is 2.43. The summed E-state index contributed by atoms with van der Waals surface area (Å²) in [5, 5.41) is 5.35. The number of rotatable bonds is 5. The first-order chi connectivity index (χ1) is 10.4. The van der Waals surface area contributed by atoms with Crippen LogP contribution in [-0.4, -0.2) is 35.3 Å². The fraction of sp³-hybridized carbons (Fsp3) is 0.438. The highest BCUT2D eigenvalue weighted by molar-refractivity contribution is 6.08. The van der Waals surface area contributed by atoms with Crippen LogP contribution in [0.15, 0.2) is 18.2 Å². The molecule has 118 valence electrons. The van der Waals surface area contributed by atoms with Crippen molar-refractivity contribution in [3.05, 3.63) is 29.3 Å². The van der Waals surface area contributed by atoms with Gasteiger partial charge < -0.3 is 10.6 Å². The molecule has 0 radical (unpaired) electrons. The number of carbonyl (C=O) groups excluding carboxylic acids is 3. The number of benzene rings is 1. The standard InChI is InChI=1S/C16H21N3O3/c1-4-6-13-15(21)19(16(22)18-13)9-14(20)17-12-8-5-7-10(2)11(12)3/h5,7-8,13H,4,6,9H2,1-3H3,(H,17,20)(H,18,22). The average molecular weight is 303 g/mol. The van der Waals surface area contributed by atoms with Gasteiger partial charge in [-0.25, -0.2) is 4.79 Å². The third-order valence-electron chi connectivity index (χ3n) is 3.86. The molecule has 0 bridgehead atoms. The van der Waals surface area contributed by atoms with Crippen LogP contribution in [0, 0.1) is 13.8 Å². The van der Waals surface area contributed by atoms with Crippen molar-refractivity contribution in [3.63, 3.8) is 0 Å². The largest absolute Gasteiger partial charge is 0.326 e. The molecule has 0 spiro atoms. The number of nitrogens with zero attached hydrogens (tertiary/aromatic N) is 1. The van der Waals surface area contributed by atoms with Gasteiger partial charge in [0.1, 0.15) is 12.6 Å². The zero-order valence-corrected chi connectivity index (χ0v) is 13.1. The van der Waals surface area contributed by atoms with E-state index in [9.17, 15) is 14.4 Å². The summed E-state index contributed by atoms with van der Waals surface area (Å²) < 4.78 is 0. The normalized spacial score (nSPS) is 17.6. The number of hydrogen-bond donors (Lipinski definition) is 2. The highest BCUT2D eigenvalue weighted by Crippen LogP contribution is 2.18. The van der Waals surface area contributed by atoms with Crippen LogP contribution in [-0.2, 0) is 9.59 Å². The second kappa shape index (κ2) is 6.60. The molecule has 1 aliphatic rings. The number of amides is 4. The van der Waals surface area contributed by atoms with Crippen molar-refractivity contribution < 1.29 is 14.4 Å². The number of carbonyl (C=O) groups is 3. The SMILES string of the molecule is CCCC1NC(=O)N(CC(=O)Nc2cccc(C)c2C)C1=O. The number of anilines is 1. The lowest BCUT2D eigenvalue weighted by Gasteiger charge is -2.14. The van der Waals surface area contributed by atoms with Gasteiger partial charge in [0, 0.05) is 5.69 Å². The Kier molecular flexibility index (Phi) is 4.80. The van der Waals surface area contributed by atoms with Crippen LogP contribution >= 0.6 is 0 Å². The highest BCUT2D eigenvalue weighted by atomic mass is 16.2. The van der Waals surface area contributed by atoms with E-state index in [1.165, 1.54) is 0 Å². The Bertz CT molecular complexity index is 613. The van der Waals surface area contributed by atoms with E-state index in [2.05, 4.69) is 10.6 Å². The topological polar surface area (TPSA) is 78.5 Å². The van der Waals surface area contributed by atoms with E-state index in [0.717, 1.165) is 22.4 Å². The minimum absolute atomic E-state index is 0.266. The second-order valence-electron chi connectivity index (χ2n) is 5.51. The lowest BCUT2D eigenvalue weighted by Crippen LogP contribution is -2.38. The Morgan fingerprint density at radius 1 is 1.32 bits per heavy atom. The molecule has 22 heavy (non-hydrogen) atoms. The van der Waals surface area contributed by atoms with Gasteiger partial charge in [-0.3, -0.25) is 14.5 Å². The van der Waals surface area contributed by atoms with E-state index < -0.39 is 12.1 Å². The Balaban J connectivity index is 2.02. The van der Waals surface area contributed by atoms with Crippen molar-refractivity contribution in [1.29, 1.82) is 0 Å². The Labute approximate surface area is 129 Å².